The van der Waals surface area contributed by atoms with E-state index in [4.69, 9.17) is 9.68 Å². The van der Waals surface area contributed by atoms with Crippen LogP contribution in [0.1, 0.15) is 0 Å². The predicted octanol–water partition coefficient (Wildman–Crippen LogP) is 2.83. The second kappa shape index (κ2) is 4.78. The van der Waals surface area contributed by atoms with Crippen LogP contribution in [0.3, 0.4) is 0 Å². The van der Waals surface area contributed by atoms with Crippen LogP contribution in [0.25, 0.3) is 22.1 Å². The van der Waals surface area contributed by atoms with E-state index >= 15 is 0 Å². The van der Waals surface area contributed by atoms with Crippen LogP contribution in [0, 0.1) is 11.3 Å². The number of aromatic nitrogens is 2. The van der Waals surface area contributed by atoms with Gasteiger partial charge in [0.25, 0.3) is 0 Å². The van der Waals surface area contributed by atoms with Gasteiger partial charge in [0, 0.05) is 28.9 Å². The zero-order chi connectivity index (χ0) is 13.1. The summed E-state index contributed by atoms with van der Waals surface area (Å²) in [5.41, 5.74) is 2.68. The highest BCUT2D eigenvalue weighted by Crippen LogP contribution is 2.29. The van der Waals surface area contributed by atoms with Crippen LogP contribution in [0.15, 0.2) is 47.3 Å². The average molecular weight is 250 g/mol. The SMILES string of the molecule is N#CCNc1ncc(-c2coc3ccccc23)cn1. The van der Waals surface area contributed by atoms with Crippen molar-refractivity contribution in [2.45, 2.75) is 0 Å². The minimum Gasteiger partial charge on any atom is -0.464 e. The van der Waals surface area contributed by atoms with Gasteiger partial charge in [-0.05, 0) is 6.07 Å². The lowest BCUT2D eigenvalue weighted by Gasteiger charge is -2.01. The molecule has 1 N–H and O–H groups in total. The van der Waals surface area contributed by atoms with E-state index in [9.17, 15) is 0 Å². The van der Waals surface area contributed by atoms with Gasteiger partial charge < -0.3 is 9.73 Å². The number of nitrogens with one attached hydrogen (secondary N) is 1. The number of nitrogens with zero attached hydrogens (tertiary/aromatic N) is 3. The Kier molecular flexibility index (Phi) is 2.83. The van der Waals surface area contributed by atoms with Gasteiger partial charge in [0.1, 0.15) is 12.1 Å². The molecule has 0 aliphatic heterocycles. The topological polar surface area (TPSA) is 74.7 Å². The largest absolute Gasteiger partial charge is 0.464 e. The first-order valence-electron chi connectivity index (χ1n) is 5.78. The number of furan rings is 1. The smallest absolute Gasteiger partial charge is 0.223 e. The maximum absolute atomic E-state index is 8.47. The zero-order valence-corrected chi connectivity index (χ0v) is 10.00. The molecular formula is C14H10N4O. The Morgan fingerprint density at radius 1 is 1.21 bits per heavy atom. The molecule has 0 atom stereocenters. The van der Waals surface area contributed by atoms with Crippen molar-refractivity contribution >= 4 is 16.9 Å². The fraction of sp³-hybridized carbons (Fsp3) is 0.0714. The summed E-state index contributed by atoms with van der Waals surface area (Å²) in [6, 6.07) is 9.79. The molecule has 0 aliphatic rings. The second-order valence-electron chi connectivity index (χ2n) is 3.95. The Hall–Kier alpha value is -2.87. The van der Waals surface area contributed by atoms with Gasteiger partial charge in [0.05, 0.1) is 12.3 Å². The van der Waals surface area contributed by atoms with Crippen molar-refractivity contribution in [2.24, 2.45) is 0 Å². The van der Waals surface area contributed by atoms with Gasteiger partial charge in [-0.25, -0.2) is 9.97 Å². The molecule has 3 aromatic rings. The van der Waals surface area contributed by atoms with Crippen molar-refractivity contribution < 1.29 is 4.42 Å². The number of fused-ring (bicyclic) bond motifs is 1. The summed E-state index contributed by atoms with van der Waals surface area (Å²) in [4.78, 5) is 8.33. The molecule has 0 radical (unpaired) electrons. The monoisotopic (exact) mass is 250 g/mol. The van der Waals surface area contributed by atoms with Gasteiger partial charge >= 0.3 is 0 Å². The molecule has 92 valence electrons. The van der Waals surface area contributed by atoms with Crippen LogP contribution in [0.4, 0.5) is 5.95 Å². The summed E-state index contributed by atoms with van der Waals surface area (Å²) in [5.74, 6) is 0.443. The van der Waals surface area contributed by atoms with E-state index in [0.717, 1.165) is 22.1 Å². The number of anilines is 1. The minimum atomic E-state index is 0.188. The van der Waals surface area contributed by atoms with E-state index in [0.29, 0.717) is 5.95 Å². The first-order valence-corrected chi connectivity index (χ1v) is 5.78. The molecule has 1 aromatic carbocycles. The van der Waals surface area contributed by atoms with Gasteiger partial charge in [0.15, 0.2) is 0 Å². The fourth-order valence-electron chi connectivity index (χ4n) is 1.88. The Morgan fingerprint density at radius 2 is 2.00 bits per heavy atom. The molecule has 5 heteroatoms. The molecule has 0 amide bonds. The molecule has 3 rings (SSSR count). The fourth-order valence-corrected chi connectivity index (χ4v) is 1.88. The normalized spacial score (nSPS) is 10.3. The Labute approximate surface area is 109 Å². The Bertz CT molecular complexity index is 740. The van der Waals surface area contributed by atoms with E-state index in [1.54, 1.807) is 18.7 Å². The van der Waals surface area contributed by atoms with E-state index in [-0.39, 0.29) is 6.54 Å². The molecule has 0 fully saturated rings. The number of benzene rings is 1. The summed E-state index contributed by atoms with van der Waals surface area (Å²) in [6.45, 7) is 0.188. The summed E-state index contributed by atoms with van der Waals surface area (Å²) >= 11 is 0. The van der Waals surface area contributed by atoms with E-state index in [1.807, 2.05) is 30.3 Å². The molecular weight excluding hydrogens is 240 g/mol. The quantitative estimate of drug-likeness (QED) is 0.723. The molecule has 19 heavy (non-hydrogen) atoms. The number of hydrogen-bond donors (Lipinski definition) is 1. The zero-order valence-electron chi connectivity index (χ0n) is 10.00. The molecule has 0 bridgehead atoms. The third-order valence-electron chi connectivity index (χ3n) is 2.77. The lowest BCUT2D eigenvalue weighted by Crippen LogP contribution is -2.02. The number of para-hydroxylation sites is 1. The maximum Gasteiger partial charge on any atom is 0.223 e. The molecule has 0 unspecified atom stereocenters. The first-order chi connectivity index (χ1) is 9.38. The van der Waals surface area contributed by atoms with Gasteiger partial charge in [-0.2, -0.15) is 5.26 Å². The highest BCUT2D eigenvalue weighted by Gasteiger charge is 2.08. The van der Waals surface area contributed by atoms with Crippen LogP contribution >= 0.6 is 0 Å². The Morgan fingerprint density at radius 3 is 2.79 bits per heavy atom. The lowest BCUT2D eigenvalue weighted by atomic mass is 10.1. The van der Waals surface area contributed by atoms with Crippen LogP contribution in [0.5, 0.6) is 0 Å². The third kappa shape index (κ3) is 2.11. The van der Waals surface area contributed by atoms with Crippen LogP contribution < -0.4 is 5.32 Å². The summed E-state index contributed by atoms with van der Waals surface area (Å²) in [6.07, 6.45) is 5.12. The summed E-state index contributed by atoms with van der Waals surface area (Å²) < 4.78 is 5.48. The molecule has 0 spiro atoms. The van der Waals surface area contributed by atoms with E-state index in [1.165, 1.54) is 0 Å². The maximum atomic E-state index is 8.47. The molecule has 0 aliphatic carbocycles. The van der Waals surface area contributed by atoms with Crippen LogP contribution in [-0.2, 0) is 0 Å². The highest BCUT2D eigenvalue weighted by atomic mass is 16.3. The number of rotatable bonds is 3. The molecule has 2 aromatic heterocycles. The van der Waals surface area contributed by atoms with Gasteiger partial charge in [-0.1, -0.05) is 18.2 Å². The van der Waals surface area contributed by atoms with Crippen molar-refractivity contribution in [3.63, 3.8) is 0 Å². The molecule has 2 heterocycles. The van der Waals surface area contributed by atoms with E-state index in [2.05, 4.69) is 15.3 Å². The number of nitriles is 1. The molecule has 5 nitrogen and oxygen atoms in total. The molecule has 0 saturated carbocycles. The van der Waals surface area contributed by atoms with Crippen LogP contribution in [0.2, 0.25) is 0 Å². The van der Waals surface area contributed by atoms with Gasteiger partial charge in [-0.3, -0.25) is 0 Å². The average Bonchev–Trinajstić information content (AvgIpc) is 2.90. The van der Waals surface area contributed by atoms with Crippen molar-refractivity contribution in [3.8, 4) is 17.2 Å². The minimum absolute atomic E-state index is 0.188. The third-order valence-corrected chi connectivity index (χ3v) is 2.77. The first kappa shape index (κ1) is 11.2. The summed E-state index contributed by atoms with van der Waals surface area (Å²) in [5, 5.41) is 12.3. The van der Waals surface area contributed by atoms with Crippen LogP contribution in [-0.4, -0.2) is 16.5 Å². The van der Waals surface area contributed by atoms with Crippen molar-refractivity contribution in [1.29, 1.82) is 5.26 Å². The van der Waals surface area contributed by atoms with Crippen molar-refractivity contribution in [3.05, 3.63) is 42.9 Å². The lowest BCUT2D eigenvalue weighted by molar-refractivity contribution is 0.617. The second-order valence-corrected chi connectivity index (χ2v) is 3.95. The van der Waals surface area contributed by atoms with E-state index < -0.39 is 0 Å². The summed E-state index contributed by atoms with van der Waals surface area (Å²) in [7, 11) is 0. The predicted molar refractivity (Wildman–Crippen MR) is 71.3 cm³/mol. The van der Waals surface area contributed by atoms with Crippen molar-refractivity contribution in [1.82, 2.24) is 9.97 Å². The van der Waals surface area contributed by atoms with Crippen molar-refractivity contribution in [2.75, 3.05) is 11.9 Å². The standard InChI is InChI=1S/C14H10N4O/c15-5-6-16-14-17-7-10(8-18-14)12-9-19-13-4-2-1-3-11(12)13/h1-4,7-9H,6H2,(H,16,17,18). The van der Waals surface area contributed by atoms with Gasteiger partial charge in [0.2, 0.25) is 5.95 Å². The Balaban J connectivity index is 1.96. The molecule has 0 saturated heterocycles. The highest BCUT2D eigenvalue weighted by molar-refractivity contribution is 5.93. The van der Waals surface area contributed by atoms with Gasteiger partial charge in [-0.15, -0.1) is 0 Å². The number of hydrogen-bond acceptors (Lipinski definition) is 5.